The number of likely N-dealkylation sites (N-methyl/N-ethyl adjacent to an activating group) is 1. The van der Waals surface area contributed by atoms with Gasteiger partial charge >= 0.3 is 0 Å². The number of nitrogens with one attached hydrogen (secondary N) is 1. The summed E-state index contributed by atoms with van der Waals surface area (Å²) < 4.78 is 0. The van der Waals surface area contributed by atoms with Crippen LogP contribution in [0.25, 0.3) is 0 Å². The predicted octanol–water partition coefficient (Wildman–Crippen LogP) is 3.37. The lowest BCUT2D eigenvalue weighted by Gasteiger charge is -2.23. The molecule has 0 bridgehead atoms. The van der Waals surface area contributed by atoms with Crippen LogP contribution in [0.15, 0.2) is 12.2 Å². The molecule has 0 amide bonds. The molecule has 0 aromatic heterocycles. The van der Waals surface area contributed by atoms with E-state index in [0.717, 1.165) is 18.4 Å². The van der Waals surface area contributed by atoms with Crippen LogP contribution >= 0.6 is 0 Å². The van der Waals surface area contributed by atoms with E-state index < -0.39 is 0 Å². The van der Waals surface area contributed by atoms with Gasteiger partial charge in [0.05, 0.1) is 0 Å². The average Bonchev–Trinajstić information content (AvgIpc) is 2.17. The molecule has 0 radical (unpaired) electrons. The summed E-state index contributed by atoms with van der Waals surface area (Å²) in [6.45, 7) is 7.83. The van der Waals surface area contributed by atoms with Crippen LogP contribution < -0.4 is 5.32 Å². The van der Waals surface area contributed by atoms with Crippen LogP contribution in [-0.4, -0.2) is 12.6 Å². The van der Waals surface area contributed by atoms with Crippen LogP contribution in [0.3, 0.4) is 0 Å². The van der Waals surface area contributed by atoms with Gasteiger partial charge in [-0.05, 0) is 38.1 Å². The Labute approximate surface area is 89.0 Å². The minimum absolute atomic E-state index is 0.541. The smallest absolute Gasteiger partial charge is 0.0221 e. The Hall–Kier alpha value is -0.300. The highest BCUT2D eigenvalue weighted by Crippen LogP contribution is 2.28. The van der Waals surface area contributed by atoms with E-state index in [9.17, 15) is 0 Å². The second-order valence-corrected chi connectivity index (χ2v) is 4.75. The fourth-order valence-electron chi connectivity index (χ4n) is 2.19. The number of rotatable bonds is 4. The van der Waals surface area contributed by atoms with E-state index >= 15 is 0 Å². The third-order valence-electron chi connectivity index (χ3n) is 3.26. The molecular formula is C13H25N. The van der Waals surface area contributed by atoms with Crippen molar-refractivity contribution >= 4 is 0 Å². The lowest BCUT2D eigenvalue weighted by Crippen LogP contribution is -2.23. The Bertz CT molecular complexity index is 166. The molecule has 1 fully saturated rings. The molecule has 0 spiro atoms. The molecule has 1 N–H and O–H groups in total. The Kier molecular flexibility index (Phi) is 5.24. The minimum Gasteiger partial charge on any atom is -0.311 e. The topological polar surface area (TPSA) is 12.0 Å². The molecule has 1 nitrogen and oxygen atoms in total. The van der Waals surface area contributed by atoms with Crippen molar-refractivity contribution in [2.45, 2.75) is 52.5 Å². The maximum absolute atomic E-state index is 3.41. The molecule has 82 valence electrons. The molecule has 0 aromatic rings. The van der Waals surface area contributed by atoms with Crippen LogP contribution in [0, 0.1) is 11.8 Å². The average molecular weight is 195 g/mol. The number of allylic oxidation sites excluding steroid dienone is 1. The maximum atomic E-state index is 3.41. The Morgan fingerprint density at radius 2 is 1.93 bits per heavy atom. The summed E-state index contributed by atoms with van der Waals surface area (Å²) in [5, 5.41) is 3.41. The van der Waals surface area contributed by atoms with Gasteiger partial charge in [0.2, 0.25) is 0 Å². The standard InChI is InChI=1S/C13H25N/c1-4-14-12(3)7-10-13-8-5-11(2)6-9-13/h7,10-14H,4-6,8-9H2,1-3H3/b10-7+. The summed E-state index contributed by atoms with van der Waals surface area (Å²) in [4.78, 5) is 0. The fraction of sp³-hybridized carbons (Fsp3) is 0.846. The first-order valence-corrected chi connectivity index (χ1v) is 6.14. The van der Waals surface area contributed by atoms with E-state index in [1.165, 1.54) is 25.7 Å². The van der Waals surface area contributed by atoms with E-state index in [2.05, 4.69) is 38.2 Å². The second kappa shape index (κ2) is 6.23. The first kappa shape index (κ1) is 11.8. The van der Waals surface area contributed by atoms with E-state index in [-0.39, 0.29) is 0 Å². The van der Waals surface area contributed by atoms with Crippen molar-refractivity contribution in [1.82, 2.24) is 5.32 Å². The van der Waals surface area contributed by atoms with E-state index in [1.54, 1.807) is 0 Å². The third kappa shape index (κ3) is 4.28. The summed E-state index contributed by atoms with van der Waals surface area (Å²) in [6.07, 6.45) is 10.4. The zero-order valence-corrected chi connectivity index (χ0v) is 9.92. The highest BCUT2D eigenvalue weighted by atomic mass is 14.9. The Morgan fingerprint density at radius 3 is 2.50 bits per heavy atom. The zero-order chi connectivity index (χ0) is 10.4. The zero-order valence-electron chi connectivity index (χ0n) is 9.92. The normalized spacial score (nSPS) is 30.8. The molecule has 1 aliphatic carbocycles. The molecule has 1 unspecified atom stereocenters. The van der Waals surface area contributed by atoms with Gasteiger partial charge in [-0.1, -0.05) is 38.8 Å². The van der Waals surface area contributed by atoms with Crippen LogP contribution in [0.2, 0.25) is 0 Å². The third-order valence-corrected chi connectivity index (χ3v) is 3.26. The molecule has 1 saturated carbocycles. The quantitative estimate of drug-likeness (QED) is 0.678. The largest absolute Gasteiger partial charge is 0.311 e. The summed E-state index contributed by atoms with van der Waals surface area (Å²) in [6, 6.07) is 0.541. The second-order valence-electron chi connectivity index (χ2n) is 4.75. The monoisotopic (exact) mass is 195 g/mol. The van der Waals surface area contributed by atoms with Crippen molar-refractivity contribution in [1.29, 1.82) is 0 Å². The first-order chi connectivity index (χ1) is 6.72. The molecule has 0 aliphatic heterocycles. The summed E-state index contributed by atoms with van der Waals surface area (Å²) >= 11 is 0. The minimum atomic E-state index is 0.541. The summed E-state index contributed by atoms with van der Waals surface area (Å²) in [7, 11) is 0. The highest BCUT2D eigenvalue weighted by molar-refractivity contribution is 4.95. The van der Waals surface area contributed by atoms with Gasteiger partial charge < -0.3 is 5.32 Å². The van der Waals surface area contributed by atoms with Gasteiger partial charge in [0.1, 0.15) is 0 Å². The molecule has 14 heavy (non-hydrogen) atoms. The van der Waals surface area contributed by atoms with Gasteiger partial charge in [-0.15, -0.1) is 0 Å². The molecule has 0 heterocycles. The van der Waals surface area contributed by atoms with Crippen molar-refractivity contribution in [3.8, 4) is 0 Å². The summed E-state index contributed by atoms with van der Waals surface area (Å²) in [5.41, 5.74) is 0. The van der Waals surface area contributed by atoms with Crippen molar-refractivity contribution < 1.29 is 0 Å². The van der Waals surface area contributed by atoms with E-state index in [1.807, 2.05) is 0 Å². The lowest BCUT2D eigenvalue weighted by molar-refractivity contribution is 0.330. The fourth-order valence-corrected chi connectivity index (χ4v) is 2.19. The molecule has 1 atom stereocenters. The SMILES string of the molecule is CCNC(C)/C=C/C1CCC(C)CC1. The lowest BCUT2D eigenvalue weighted by atomic mass is 9.83. The maximum Gasteiger partial charge on any atom is 0.0221 e. The number of hydrogen-bond donors (Lipinski definition) is 1. The van der Waals surface area contributed by atoms with Gasteiger partial charge in [0.15, 0.2) is 0 Å². The molecule has 1 heteroatoms. The number of hydrogen-bond acceptors (Lipinski definition) is 1. The van der Waals surface area contributed by atoms with Gasteiger partial charge in [0.25, 0.3) is 0 Å². The highest BCUT2D eigenvalue weighted by Gasteiger charge is 2.15. The molecule has 1 rings (SSSR count). The molecule has 0 saturated heterocycles. The summed E-state index contributed by atoms with van der Waals surface area (Å²) in [5.74, 6) is 1.82. The Balaban J connectivity index is 2.23. The van der Waals surface area contributed by atoms with Gasteiger partial charge in [-0.3, -0.25) is 0 Å². The van der Waals surface area contributed by atoms with Crippen LogP contribution in [0.5, 0.6) is 0 Å². The Morgan fingerprint density at radius 1 is 1.29 bits per heavy atom. The van der Waals surface area contributed by atoms with E-state index in [4.69, 9.17) is 0 Å². The van der Waals surface area contributed by atoms with Gasteiger partial charge in [-0.2, -0.15) is 0 Å². The van der Waals surface area contributed by atoms with Crippen molar-refractivity contribution in [3.63, 3.8) is 0 Å². The molecule has 0 aromatic carbocycles. The van der Waals surface area contributed by atoms with Gasteiger partial charge in [-0.25, -0.2) is 0 Å². The molecule has 1 aliphatic rings. The van der Waals surface area contributed by atoms with E-state index in [0.29, 0.717) is 6.04 Å². The first-order valence-electron chi connectivity index (χ1n) is 6.14. The predicted molar refractivity (Wildman–Crippen MR) is 63.4 cm³/mol. The molecular weight excluding hydrogens is 170 g/mol. The van der Waals surface area contributed by atoms with Crippen LogP contribution in [-0.2, 0) is 0 Å². The van der Waals surface area contributed by atoms with Crippen molar-refractivity contribution in [2.24, 2.45) is 11.8 Å². The van der Waals surface area contributed by atoms with Crippen molar-refractivity contribution in [3.05, 3.63) is 12.2 Å². The van der Waals surface area contributed by atoms with Crippen molar-refractivity contribution in [2.75, 3.05) is 6.54 Å². The van der Waals surface area contributed by atoms with Crippen LogP contribution in [0.1, 0.15) is 46.5 Å². The van der Waals surface area contributed by atoms with Crippen LogP contribution in [0.4, 0.5) is 0 Å². The van der Waals surface area contributed by atoms with Gasteiger partial charge in [0, 0.05) is 6.04 Å².